The lowest BCUT2D eigenvalue weighted by Gasteiger charge is -2.26. The topological polar surface area (TPSA) is 204 Å². The van der Waals surface area contributed by atoms with Gasteiger partial charge in [0, 0.05) is 29.9 Å². The fraction of sp³-hybridized carbons (Fsp3) is 0.519. The van der Waals surface area contributed by atoms with E-state index in [4.69, 9.17) is 10.8 Å². The molecule has 1 aromatic carbocycles. The Morgan fingerprint density at radius 2 is 1.55 bits per heavy atom. The maximum atomic E-state index is 13.4. The number of para-hydroxylation sites is 1. The zero-order valence-electron chi connectivity index (χ0n) is 22.9. The van der Waals surface area contributed by atoms with Gasteiger partial charge in [0.15, 0.2) is 0 Å². The van der Waals surface area contributed by atoms with E-state index in [2.05, 4.69) is 20.9 Å². The minimum atomic E-state index is -1.47. The van der Waals surface area contributed by atoms with Crippen molar-refractivity contribution in [1.29, 1.82) is 0 Å². The van der Waals surface area contributed by atoms with Gasteiger partial charge in [-0.3, -0.25) is 19.2 Å². The van der Waals surface area contributed by atoms with E-state index in [0.29, 0.717) is 17.7 Å². The maximum absolute atomic E-state index is 13.4. The summed E-state index contributed by atoms with van der Waals surface area (Å²) in [6, 6.07) is 2.92. The Labute approximate surface area is 237 Å². The predicted octanol–water partition coefficient (Wildman–Crippen LogP) is 1.24. The van der Waals surface area contributed by atoms with Gasteiger partial charge in [-0.15, -0.1) is 0 Å². The molecule has 3 amide bonds. The van der Waals surface area contributed by atoms with Gasteiger partial charge >= 0.3 is 11.9 Å². The standard InChI is InChI=1S/C27H39N5O7S/c1-15(2)12-21(31-24(35)18(28)10-11-40-3)25(36)32-22(13-16-14-29-19-7-5-4-6-17(16)19)26(37)30-20(27(38)39)8-9-23(33)34/h4-7,14-15,18,20-22,29H,8-13,28H2,1-3H3,(H,30,37)(H,31,35)(H,32,36)(H,33,34)(H,38,39). The van der Waals surface area contributed by atoms with Crippen LogP contribution in [0.25, 0.3) is 10.9 Å². The molecule has 0 fully saturated rings. The van der Waals surface area contributed by atoms with Crippen molar-refractivity contribution in [3.05, 3.63) is 36.0 Å². The summed E-state index contributed by atoms with van der Waals surface area (Å²) in [5.74, 6) is -3.78. The summed E-state index contributed by atoms with van der Waals surface area (Å²) in [7, 11) is 0. The van der Waals surface area contributed by atoms with Crippen molar-refractivity contribution in [1.82, 2.24) is 20.9 Å². The summed E-state index contributed by atoms with van der Waals surface area (Å²) in [5.41, 5.74) is 7.51. The first-order valence-electron chi connectivity index (χ1n) is 13.1. The monoisotopic (exact) mass is 577 g/mol. The van der Waals surface area contributed by atoms with Gasteiger partial charge in [-0.05, 0) is 48.8 Å². The lowest BCUT2D eigenvalue weighted by molar-refractivity contribution is -0.143. The number of carbonyl (C=O) groups excluding carboxylic acids is 3. The molecule has 0 saturated carbocycles. The van der Waals surface area contributed by atoms with Crippen LogP contribution in [0.1, 0.15) is 45.1 Å². The molecular weight excluding hydrogens is 538 g/mol. The molecule has 2 aromatic rings. The van der Waals surface area contributed by atoms with Crippen LogP contribution in [0.2, 0.25) is 0 Å². The van der Waals surface area contributed by atoms with Crippen LogP contribution in [-0.4, -0.2) is 81.0 Å². The summed E-state index contributed by atoms with van der Waals surface area (Å²) in [4.78, 5) is 65.3. The number of carbonyl (C=O) groups is 5. The highest BCUT2D eigenvalue weighted by atomic mass is 32.2. The molecule has 0 aliphatic rings. The number of nitrogens with two attached hydrogens (primary N) is 1. The smallest absolute Gasteiger partial charge is 0.326 e. The minimum absolute atomic E-state index is 0.0163. The molecule has 1 aromatic heterocycles. The van der Waals surface area contributed by atoms with E-state index in [9.17, 15) is 29.1 Å². The van der Waals surface area contributed by atoms with Crippen LogP contribution < -0.4 is 21.7 Å². The summed E-state index contributed by atoms with van der Waals surface area (Å²) in [6.07, 6.45) is 3.54. The number of carboxylic acids is 2. The number of nitrogens with one attached hydrogen (secondary N) is 4. The van der Waals surface area contributed by atoms with E-state index in [0.717, 1.165) is 10.9 Å². The predicted molar refractivity (Wildman–Crippen MR) is 153 cm³/mol. The highest BCUT2D eigenvalue weighted by molar-refractivity contribution is 7.98. The zero-order chi connectivity index (χ0) is 29.8. The first-order valence-corrected chi connectivity index (χ1v) is 14.5. The van der Waals surface area contributed by atoms with Crippen LogP contribution in [0, 0.1) is 5.92 Å². The molecule has 0 bridgehead atoms. The molecule has 220 valence electrons. The van der Waals surface area contributed by atoms with Gasteiger partial charge in [0.25, 0.3) is 0 Å². The van der Waals surface area contributed by atoms with Gasteiger partial charge in [-0.2, -0.15) is 11.8 Å². The average Bonchev–Trinajstić information content (AvgIpc) is 3.30. The first kappa shape index (κ1) is 32.6. The normalized spacial score (nSPS) is 14.2. The highest BCUT2D eigenvalue weighted by Crippen LogP contribution is 2.19. The molecule has 13 heteroatoms. The molecule has 40 heavy (non-hydrogen) atoms. The van der Waals surface area contributed by atoms with Crippen molar-refractivity contribution in [2.45, 2.75) is 70.1 Å². The molecule has 2 rings (SSSR count). The van der Waals surface area contributed by atoms with Crippen molar-refractivity contribution in [2.75, 3.05) is 12.0 Å². The Morgan fingerprint density at radius 1 is 0.925 bits per heavy atom. The number of benzene rings is 1. The molecular formula is C27H39N5O7S. The summed E-state index contributed by atoms with van der Waals surface area (Å²) >= 11 is 1.55. The van der Waals surface area contributed by atoms with E-state index in [-0.39, 0.29) is 25.2 Å². The van der Waals surface area contributed by atoms with Gasteiger partial charge in [0.1, 0.15) is 18.1 Å². The van der Waals surface area contributed by atoms with E-state index in [1.807, 2.05) is 44.4 Å². The molecule has 0 spiro atoms. The number of hydrogen-bond acceptors (Lipinski definition) is 7. The SMILES string of the molecule is CSCCC(N)C(=O)NC(CC(C)C)C(=O)NC(Cc1c[nH]c2ccccc12)C(=O)NC(CCC(=O)O)C(=O)O. The number of rotatable bonds is 17. The lowest BCUT2D eigenvalue weighted by Crippen LogP contribution is -2.57. The van der Waals surface area contributed by atoms with Crippen molar-refractivity contribution < 1.29 is 34.2 Å². The fourth-order valence-corrected chi connectivity index (χ4v) is 4.65. The van der Waals surface area contributed by atoms with Crippen molar-refractivity contribution in [3.63, 3.8) is 0 Å². The second-order valence-corrected chi connectivity index (χ2v) is 11.0. The average molecular weight is 578 g/mol. The van der Waals surface area contributed by atoms with Crippen LogP contribution in [0.4, 0.5) is 0 Å². The van der Waals surface area contributed by atoms with E-state index in [1.165, 1.54) is 0 Å². The number of carboxylic acid groups (broad SMARTS) is 2. The summed E-state index contributed by atoms with van der Waals surface area (Å²) < 4.78 is 0. The van der Waals surface area contributed by atoms with Gasteiger partial charge < -0.3 is 36.9 Å². The van der Waals surface area contributed by atoms with Gasteiger partial charge in [-0.25, -0.2) is 4.79 Å². The molecule has 0 saturated heterocycles. The molecule has 0 radical (unpaired) electrons. The molecule has 0 aliphatic heterocycles. The van der Waals surface area contributed by atoms with Crippen molar-refractivity contribution >= 4 is 52.3 Å². The number of aliphatic carboxylic acids is 2. The number of thioether (sulfide) groups is 1. The first-order chi connectivity index (χ1) is 18.9. The van der Waals surface area contributed by atoms with E-state index < -0.39 is 60.2 Å². The minimum Gasteiger partial charge on any atom is -0.481 e. The number of aromatic amines is 1. The fourth-order valence-electron chi connectivity index (χ4n) is 4.16. The number of aromatic nitrogens is 1. The van der Waals surface area contributed by atoms with E-state index in [1.54, 1.807) is 18.0 Å². The number of H-pyrrole nitrogens is 1. The quantitative estimate of drug-likeness (QED) is 0.144. The number of fused-ring (bicyclic) bond motifs is 1. The molecule has 12 nitrogen and oxygen atoms in total. The van der Waals surface area contributed by atoms with Crippen molar-refractivity contribution in [3.8, 4) is 0 Å². The van der Waals surface area contributed by atoms with Crippen LogP contribution in [0.3, 0.4) is 0 Å². The van der Waals surface area contributed by atoms with Crippen LogP contribution in [0.15, 0.2) is 30.5 Å². The number of hydrogen-bond donors (Lipinski definition) is 7. The lowest BCUT2D eigenvalue weighted by atomic mass is 10.00. The van der Waals surface area contributed by atoms with Crippen LogP contribution in [-0.2, 0) is 30.4 Å². The third-order valence-corrected chi connectivity index (χ3v) is 6.95. The van der Waals surface area contributed by atoms with Crippen molar-refractivity contribution in [2.24, 2.45) is 11.7 Å². The van der Waals surface area contributed by atoms with Gasteiger partial charge in [-0.1, -0.05) is 32.0 Å². The molecule has 1 heterocycles. The summed E-state index contributed by atoms with van der Waals surface area (Å²) in [6.45, 7) is 3.77. The van der Waals surface area contributed by atoms with Gasteiger partial charge in [0.2, 0.25) is 17.7 Å². The second-order valence-electron chi connectivity index (χ2n) is 10.0. The molecule has 0 aliphatic carbocycles. The second kappa shape index (κ2) is 15.9. The van der Waals surface area contributed by atoms with E-state index >= 15 is 0 Å². The Balaban J connectivity index is 2.30. The molecule has 8 N–H and O–H groups in total. The third kappa shape index (κ3) is 10.2. The highest BCUT2D eigenvalue weighted by Gasteiger charge is 2.31. The largest absolute Gasteiger partial charge is 0.481 e. The Hall–Kier alpha value is -3.58. The number of amides is 3. The van der Waals surface area contributed by atoms with Gasteiger partial charge in [0.05, 0.1) is 6.04 Å². The molecule has 4 atom stereocenters. The van der Waals surface area contributed by atoms with Crippen LogP contribution in [0.5, 0.6) is 0 Å². The summed E-state index contributed by atoms with van der Waals surface area (Å²) in [5, 5.41) is 27.1. The Morgan fingerprint density at radius 3 is 2.17 bits per heavy atom. The maximum Gasteiger partial charge on any atom is 0.326 e. The molecule has 4 unspecified atom stereocenters. The Kier molecular flexibility index (Phi) is 12.9. The Bertz CT molecular complexity index is 1180. The van der Waals surface area contributed by atoms with Crippen LogP contribution >= 0.6 is 11.8 Å². The zero-order valence-corrected chi connectivity index (χ0v) is 23.8. The third-order valence-electron chi connectivity index (χ3n) is 6.30.